The molecular formula is C17H28IN5O. The van der Waals surface area contributed by atoms with E-state index in [1.54, 1.807) is 18.1 Å². The first-order chi connectivity index (χ1) is 11.1. The first kappa shape index (κ1) is 20.7. The molecule has 1 amide bonds. The summed E-state index contributed by atoms with van der Waals surface area (Å²) in [4.78, 5) is 22.8. The zero-order valence-electron chi connectivity index (χ0n) is 14.7. The molecule has 1 aliphatic carbocycles. The van der Waals surface area contributed by atoms with Gasteiger partial charge in [0.1, 0.15) is 0 Å². The highest BCUT2D eigenvalue weighted by Crippen LogP contribution is 2.38. The number of guanidine groups is 1. The summed E-state index contributed by atoms with van der Waals surface area (Å²) in [5.74, 6) is 0.913. The number of carbonyl (C=O) groups excluding carboxylic acids is 1. The maximum absolute atomic E-state index is 12.6. The fourth-order valence-electron chi connectivity index (χ4n) is 3.14. The summed E-state index contributed by atoms with van der Waals surface area (Å²) < 4.78 is 0. The quantitative estimate of drug-likeness (QED) is 0.414. The minimum absolute atomic E-state index is 0. The number of amides is 1. The van der Waals surface area contributed by atoms with Gasteiger partial charge in [-0.1, -0.05) is 18.9 Å². The van der Waals surface area contributed by atoms with Crippen LogP contribution in [-0.4, -0.2) is 49.4 Å². The Balaban J connectivity index is 0.00000288. The Labute approximate surface area is 161 Å². The number of aromatic nitrogens is 1. The van der Waals surface area contributed by atoms with E-state index in [4.69, 9.17) is 0 Å². The second-order valence-corrected chi connectivity index (χ2v) is 6.29. The fourth-order valence-corrected chi connectivity index (χ4v) is 3.14. The number of nitrogens with one attached hydrogen (secondary N) is 2. The van der Waals surface area contributed by atoms with Gasteiger partial charge in [0.15, 0.2) is 5.96 Å². The van der Waals surface area contributed by atoms with E-state index in [0.717, 1.165) is 31.4 Å². The lowest BCUT2D eigenvalue weighted by Gasteiger charge is -2.31. The molecular weight excluding hydrogens is 417 g/mol. The van der Waals surface area contributed by atoms with Gasteiger partial charge in [0.25, 0.3) is 0 Å². The summed E-state index contributed by atoms with van der Waals surface area (Å²) in [6.45, 7) is 1.22. The van der Waals surface area contributed by atoms with Crippen LogP contribution in [0.25, 0.3) is 0 Å². The van der Waals surface area contributed by atoms with Crippen LogP contribution < -0.4 is 10.6 Å². The topological polar surface area (TPSA) is 69.6 Å². The highest BCUT2D eigenvalue weighted by molar-refractivity contribution is 14.0. The zero-order chi connectivity index (χ0) is 16.7. The Morgan fingerprint density at radius 1 is 1.29 bits per heavy atom. The van der Waals surface area contributed by atoms with Crippen LogP contribution in [0.4, 0.5) is 0 Å². The normalized spacial score (nSPS) is 16.2. The molecule has 0 spiro atoms. The van der Waals surface area contributed by atoms with Crippen molar-refractivity contribution in [2.24, 2.45) is 10.4 Å². The molecule has 0 aromatic carbocycles. The van der Waals surface area contributed by atoms with E-state index < -0.39 is 0 Å². The number of halogens is 1. The average Bonchev–Trinajstić information content (AvgIpc) is 3.05. The van der Waals surface area contributed by atoms with Crippen molar-refractivity contribution < 1.29 is 4.79 Å². The first-order valence-corrected chi connectivity index (χ1v) is 8.13. The molecule has 6 nitrogen and oxygen atoms in total. The van der Waals surface area contributed by atoms with E-state index in [2.05, 4.69) is 20.6 Å². The molecule has 0 aliphatic heterocycles. The van der Waals surface area contributed by atoms with Crippen LogP contribution in [0.5, 0.6) is 0 Å². The maximum Gasteiger partial charge on any atom is 0.230 e. The minimum atomic E-state index is -0.299. The molecule has 0 radical (unpaired) electrons. The van der Waals surface area contributed by atoms with Crippen molar-refractivity contribution in [1.29, 1.82) is 0 Å². The van der Waals surface area contributed by atoms with Gasteiger partial charge in [-0.15, -0.1) is 24.0 Å². The monoisotopic (exact) mass is 445 g/mol. The van der Waals surface area contributed by atoms with Gasteiger partial charge < -0.3 is 15.5 Å². The van der Waals surface area contributed by atoms with E-state index in [1.807, 2.05) is 32.3 Å². The first-order valence-electron chi connectivity index (χ1n) is 8.13. The fraction of sp³-hybridized carbons (Fsp3) is 0.588. The summed E-state index contributed by atoms with van der Waals surface area (Å²) in [5, 5.41) is 6.57. The van der Waals surface area contributed by atoms with Crippen molar-refractivity contribution in [2.75, 3.05) is 27.7 Å². The Morgan fingerprint density at radius 3 is 2.54 bits per heavy atom. The summed E-state index contributed by atoms with van der Waals surface area (Å²) >= 11 is 0. The van der Waals surface area contributed by atoms with Crippen LogP contribution in [-0.2, 0) is 11.3 Å². The predicted molar refractivity (Wildman–Crippen MR) is 107 cm³/mol. The van der Waals surface area contributed by atoms with E-state index in [0.29, 0.717) is 19.0 Å². The summed E-state index contributed by atoms with van der Waals surface area (Å²) in [5.41, 5.74) is 0.655. The molecule has 1 aliphatic rings. The summed E-state index contributed by atoms with van der Waals surface area (Å²) in [6, 6.07) is 5.82. The number of pyridine rings is 1. The van der Waals surface area contributed by atoms with Crippen LogP contribution in [0.2, 0.25) is 0 Å². The number of hydrogen-bond donors (Lipinski definition) is 2. The molecule has 0 saturated heterocycles. The lowest BCUT2D eigenvalue weighted by Crippen LogP contribution is -2.49. The number of nitrogens with zero attached hydrogens (tertiary/aromatic N) is 3. The number of aliphatic imine (C=N–C) groups is 1. The van der Waals surface area contributed by atoms with Crippen molar-refractivity contribution in [3.8, 4) is 0 Å². The zero-order valence-corrected chi connectivity index (χ0v) is 17.0. The molecule has 0 atom stereocenters. The van der Waals surface area contributed by atoms with Gasteiger partial charge in [-0.25, -0.2) is 0 Å². The van der Waals surface area contributed by atoms with Crippen molar-refractivity contribution in [1.82, 2.24) is 20.5 Å². The van der Waals surface area contributed by atoms with Gasteiger partial charge in [0.2, 0.25) is 5.91 Å². The average molecular weight is 445 g/mol. The number of carbonyl (C=O) groups is 1. The Morgan fingerprint density at radius 2 is 2.00 bits per heavy atom. The van der Waals surface area contributed by atoms with Crippen molar-refractivity contribution in [3.05, 3.63) is 30.1 Å². The molecule has 1 heterocycles. The van der Waals surface area contributed by atoms with Crippen molar-refractivity contribution in [3.63, 3.8) is 0 Å². The van der Waals surface area contributed by atoms with Gasteiger partial charge in [-0.3, -0.25) is 14.8 Å². The molecule has 0 bridgehead atoms. The SMILES string of the molecule is CN=C(NCc1ccccn1)NCC1(C(=O)N(C)C)CCCC1.I. The van der Waals surface area contributed by atoms with Crippen LogP contribution >= 0.6 is 24.0 Å². The highest BCUT2D eigenvalue weighted by atomic mass is 127. The second kappa shape index (κ2) is 9.80. The van der Waals surface area contributed by atoms with E-state index in [-0.39, 0.29) is 35.3 Å². The minimum Gasteiger partial charge on any atom is -0.355 e. The number of rotatable bonds is 5. The van der Waals surface area contributed by atoms with E-state index in [1.165, 1.54) is 0 Å². The van der Waals surface area contributed by atoms with Crippen molar-refractivity contribution >= 4 is 35.8 Å². The smallest absolute Gasteiger partial charge is 0.230 e. The van der Waals surface area contributed by atoms with E-state index in [9.17, 15) is 4.79 Å². The Kier molecular flexibility index (Phi) is 8.44. The lowest BCUT2D eigenvalue weighted by molar-refractivity contribution is -0.138. The third-order valence-corrected chi connectivity index (χ3v) is 4.40. The molecule has 7 heteroatoms. The third-order valence-electron chi connectivity index (χ3n) is 4.40. The molecule has 1 aromatic heterocycles. The van der Waals surface area contributed by atoms with Gasteiger partial charge in [0.05, 0.1) is 17.7 Å². The molecule has 0 unspecified atom stereocenters. The van der Waals surface area contributed by atoms with E-state index >= 15 is 0 Å². The molecule has 2 rings (SSSR count). The van der Waals surface area contributed by atoms with Gasteiger partial charge in [-0.05, 0) is 25.0 Å². The Hall–Kier alpha value is -1.38. The number of hydrogen-bond acceptors (Lipinski definition) is 3. The molecule has 1 aromatic rings. The van der Waals surface area contributed by atoms with Gasteiger partial charge >= 0.3 is 0 Å². The third kappa shape index (κ3) is 5.32. The maximum atomic E-state index is 12.6. The van der Waals surface area contributed by atoms with Crippen LogP contribution in [0.3, 0.4) is 0 Å². The highest BCUT2D eigenvalue weighted by Gasteiger charge is 2.42. The molecule has 134 valence electrons. The largest absolute Gasteiger partial charge is 0.355 e. The predicted octanol–water partition coefficient (Wildman–Crippen LogP) is 2.01. The summed E-state index contributed by atoms with van der Waals surface area (Å²) in [7, 11) is 5.40. The Bertz CT molecular complexity index is 541. The second-order valence-electron chi connectivity index (χ2n) is 6.29. The van der Waals surface area contributed by atoms with Gasteiger partial charge in [-0.2, -0.15) is 0 Å². The van der Waals surface area contributed by atoms with Crippen molar-refractivity contribution in [2.45, 2.75) is 32.2 Å². The van der Waals surface area contributed by atoms with Gasteiger partial charge in [0, 0.05) is 33.9 Å². The molecule has 1 fully saturated rings. The van der Waals surface area contributed by atoms with Crippen LogP contribution in [0, 0.1) is 5.41 Å². The van der Waals surface area contributed by atoms with Crippen LogP contribution in [0.15, 0.2) is 29.4 Å². The van der Waals surface area contributed by atoms with Crippen LogP contribution in [0.1, 0.15) is 31.4 Å². The standard InChI is InChI=1S/C17H27N5O.HI/c1-18-16(20-12-14-8-4-7-11-19-14)21-13-17(9-5-6-10-17)15(23)22(2)3;/h4,7-8,11H,5-6,9-10,12-13H2,1-3H3,(H2,18,20,21);1H. The lowest BCUT2D eigenvalue weighted by atomic mass is 9.84. The molecule has 24 heavy (non-hydrogen) atoms. The molecule has 1 saturated carbocycles. The molecule has 2 N–H and O–H groups in total. The summed E-state index contributed by atoms with van der Waals surface area (Å²) in [6.07, 6.45) is 5.88.